The zero-order valence-electron chi connectivity index (χ0n) is 17.6. The van der Waals surface area contributed by atoms with Crippen molar-refractivity contribution in [1.29, 1.82) is 0 Å². The van der Waals surface area contributed by atoms with E-state index in [1.54, 1.807) is 12.4 Å². The highest BCUT2D eigenvalue weighted by molar-refractivity contribution is 5.89. The number of hydrogen-bond acceptors (Lipinski definition) is 4. The van der Waals surface area contributed by atoms with E-state index in [1.807, 2.05) is 6.07 Å². The number of aryl methyl sites for hydroxylation is 2. The van der Waals surface area contributed by atoms with E-state index < -0.39 is 5.67 Å². The number of anilines is 3. The van der Waals surface area contributed by atoms with Gasteiger partial charge in [-0.15, -0.1) is 0 Å². The molecular formula is C24H30FN5. The Morgan fingerprint density at radius 3 is 2.73 bits per heavy atom. The van der Waals surface area contributed by atoms with E-state index in [2.05, 4.69) is 50.7 Å². The van der Waals surface area contributed by atoms with Gasteiger partial charge in [-0.1, -0.05) is 6.07 Å². The summed E-state index contributed by atoms with van der Waals surface area (Å²) in [5.41, 5.74) is 5.92. The molecule has 0 saturated carbocycles. The van der Waals surface area contributed by atoms with Crippen molar-refractivity contribution in [2.75, 3.05) is 30.3 Å². The molecule has 0 bridgehead atoms. The maximum atomic E-state index is 14.8. The summed E-state index contributed by atoms with van der Waals surface area (Å²) in [7, 11) is 2.18. The molecule has 1 aliphatic carbocycles. The molecule has 3 N–H and O–H groups in total. The van der Waals surface area contributed by atoms with Gasteiger partial charge in [0.1, 0.15) is 5.67 Å². The van der Waals surface area contributed by atoms with Gasteiger partial charge in [0.25, 0.3) is 0 Å². The number of fused-ring (bicyclic) bond motifs is 3. The van der Waals surface area contributed by atoms with Crippen LogP contribution in [0.25, 0.3) is 10.9 Å². The van der Waals surface area contributed by atoms with E-state index in [1.165, 1.54) is 47.8 Å². The van der Waals surface area contributed by atoms with Crippen LogP contribution >= 0.6 is 0 Å². The van der Waals surface area contributed by atoms with Crippen LogP contribution in [0.5, 0.6) is 0 Å². The Labute approximate surface area is 177 Å². The molecule has 0 unspecified atom stereocenters. The molecule has 0 amide bonds. The summed E-state index contributed by atoms with van der Waals surface area (Å²) in [5, 5.41) is 11.3. The third-order valence-corrected chi connectivity index (χ3v) is 6.66. The SMILES string of the molecule is Cn1c2c(c3ccc(Nc4cncc(NCC5(F)CCNCC5)c4)cc31)CCCC2. The first-order valence-corrected chi connectivity index (χ1v) is 11.1. The fourth-order valence-electron chi connectivity index (χ4n) is 4.92. The van der Waals surface area contributed by atoms with Crippen molar-refractivity contribution < 1.29 is 4.39 Å². The minimum Gasteiger partial charge on any atom is -0.381 e. The second-order valence-corrected chi connectivity index (χ2v) is 8.77. The van der Waals surface area contributed by atoms with E-state index in [0.717, 1.165) is 30.2 Å². The smallest absolute Gasteiger partial charge is 0.130 e. The van der Waals surface area contributed by atoms with Crippen LogP contribution in [-0.4, -0.2) is 34.9 Å². The Bertz CT molecular complexity index is 1050. The molecule has 2 aromatic heterocycles. The van der Waals surface area contributed by atoms with Gasteiger partial charge in [0.05, 0.1) is 29.3 Å². The molecule has 3 heterocycles. The molecule has 3 aromatic rings. The fourth-order valence-corrected chi connectivity index (χ4v) is 4.92. The van der Waals surface area contributed by atoms with Crippen molar-refractivity contribution in [1.82, 2.24) is 14.9 Å². The van der Waals surface area contributed by atoms with Crippen LogP contribution in [-0.2, 0) is 19.9 Å². The molecule has 0 atom stereocenters. The zero-order chi connectivity index (χ0) is 20.6. The first kappa shape index (κ1) is 19.4. The normalized spacial score (nSPS) is 18.2. The van der Waals surface area contributed by atoms with Gasteiger partial charge in [-0.05, 0) is 75.4 Å². The molecule has 30 heavy (non-hydrogen) atoms. The van der Waals surface area contributed by atoms with E-state index >= 15 is 0 Å². The van der Waals surface area contributed by atoms with Crippen LogP contribution in [0.15, 0.2) is 36.7 Å². The Kier molecular flexibility index (Phi) is 5.11. The second-order valence-electron chi connectivity index (χ2n) is 8.77. The van der Waals surface area contributed by atoms with E-state index in [4.69, 9.17) is 0 Å². The second kappa shape index (κ2) is 7.91. The summed E-state index contributed by atoms with van der Waals surface area (Å²) in [6.45, 7) is 1.80. The lowest BCUT2D eigenvalue weighted by atomic mass is 9.94. The molecule has 1 fully saturated rings. The number of piperidine rings is 1. The van der Waals surface area contributed by atoms with Crippen molar-refractivity contribution in [3.05, 3.63) is 47.9 Å². The molecule has 2 aliphatic rings. The maximum absolute atomic E-state index is 14.8. The number of alkyl halides is 1. The average Bonchev–Trinajstić information content (AvgIpc) is 3.05. The molecule has 5 rings (SSSR count). The predicted molar refractivity (Wildman–Crippen MR) is 122 cm³/mol. The highest BCUT2D eigenvalue weighted by Gasteiger charge is 2.31. The third kappa shape index (κ3) is 3.76. The van der Waals surface area contributed by atoms with E-state index in [9.17, 15) is 4.39 Å². The van der Waals surface area contributed by atoms with Crippen molar-refractivity contribution in [3.8, 4) is 0 Å². The molecular weight excluding hydrogens is 377 g/mol. The molecule has 0 spiro atoms. The molecule has 1 aliphatic heterocycles. The number of benzene rings is 1. The minimum absolute atomic E-state index is 0.320. The number of hydrogen-bond donors (Lipinski definition) is 3. The lowest BCUT2D eigenvalue weighted by Crippen LogP contribution is -2.43. The number of aromatic nitrogens is 2. The molecule has 0 radical (unpaired) electrons. The summed E-state index contributed by atoms with van der Waals surface area (Å²) < 4.78 is 17.2. The summed E-state index contributed by atoms with van der Waals surface area (Å²) in [6, 6.07) is 8.60. The number of nitrogens with one attached hydrogen (secondary N) is 3. The van der Waals surface area contributed by atoms with Gasteiger partial charge in [-0.2, -0.15) is 0 Å². The van der Waals surface area contributed by atoms with Crippen molar-refractivity contribution in [3.63, 3.8) is 0 Å². The van der Waals surface area contributed by atoms with Gasteiger partial charge in [-0.25, -0.2) is 4.39 Å². The molecule has 158 valence electrons. The lowest BCUT2D eigenvalue weighted by Gasteiger charge is -2.30. The average molecular weight is 408 g/mol. The molecule has 1 aromatic carbocycles. The van der Waals surface area contributed by atoms with Gasteiger partial charge in [0.2, 0.25) is 0 Å². The number of pyridine rings is 1. The van der Waals surface area contributed by atoms with Crippen LogP contribution in [0.3, 0.4) is 0 Å². The largest absolute Gasteiger partial charge is 0.381 e. The topological polar surface area (TPSA) is 53.9 Å². The minimum atomic E-state index is -1.15. The van der Waals surface area contributed by atoms with Crippen LogP contribution in [0.1, 0.15) is 36.9 Å². The van der Waals surface area contributed by atoms with E-state index in [0.29, 0.717) is 19.4 Å². The molecule has 6 heteroatoms. The van der Waals surface area contributed by atoms with Crippen LogP contribution in [0.2, 0.25) is 0 Å². The van der Waals surface area contributed by atoms with Crippen molar-refractivity contribution >= 4 is 28.0 Å². The first-order chi connectivity index (χ1) is 14.6. The summed E-state index contributed by atoms with van der Waals surface area (Å²) in [6.07, 6.45) is 9.58. The summed E-state index contributed by atoms with van der Waals surface area (Å²) >= 11 is 0. The quantitative estimate of drug-likeness (QED) is 0.574. The summed E-state index contributed by atoms with van der Waals surface area (Å²) in [4.78, 5) is 4.34. The highest BCUT2D eigenvalue weighted by Crippen LogP contribution is 2.33. The molecule has 1 saturated heterocycles. The Balaban J connectivity index is 1.32. The van der Waals surface area contributed by atoms with Crippen molar-refractivity contribution in [2.24, 2.45) is 7.05 Å². The lowest BCUT2D eigenvalue weighted by molar-refractivity contribution is 0.131. The monoisotopic (exact) mass is 407 g/mol. The van der Waals surface area contributed by atoms with E-state index in [-0.39, 0.29) is 0 Å². The maximum Gasteiger partial charge on any atom is 0.130 e. The Hall–Kier alpha value is -2.60. The number of rotatable bonds is 5. The van der Waals surface area contributed by atoms with Gasteiger partial charge < -0.3 is 20.5 Å². The van der Waals surface area contributed by atoms with Gasteiger partial charge >= 0.3 is 0 Å². The summed E-state index contributed by atoms with van der Waals surface area (Å²) in [5.74, 6) is 0. The van der Waals surface area contributed by atoms with Gasteiger partial charge in [0.15, 0.2) is 0 Å². The first-order valence-electron chi connectivity index (χ1n) is 11.1. The number of halogens is 1. The van der Waals surface area contributed by atoms with Gasteiger partial charge in [0, 0.05) is 30.4 Å². The third-order valence-electron chi connectivity index (χ3n) is 6.66. The van der Waals surface area contributed by atoms with Crippen molar-refractivity contribution in [2.45, 2.75) is 44.2 Å². The Morgan fingerprint density at radius 2 is 1.87 bits per heavy atom. The van der Waals surface area contributed by atoms with Crippen LogP contribution in [0.4, 0.5) is 21.5 Å². The zero-order valence-corrected chi connectivity index (χ0v) is 17.6. The van der Waals surface area contributed by atoms with Crippen LogP contribution < -0.4 is 16.0 Å². The highest BCUT2D eigenvalue weighted by atomic mass is 19.1. The fraction of sp³-hybridized carbons (Fsp3) is 0.458. The Morgan fingerprint density at radius 1 is 1.07 bits per heavy atom. The number of nitrogens with zero attached hydrogens (tertiary/aromatic N) is 2. The molecule has 5 nitrogen and oxygen atoms in total. The standard InChI is InChI=1S/C24H30FN5/c1-30-22-5-3-2-4-20(22)21-7-6-17(13-23(21)30)29-19-12-18(14-27-15-19)28-16-24(25)8-10-26-11-9-24/h6-7,12-15,26,28-29H,2-5,8-11,16H2,1H3. The van der Waals surface area contributed by atoms with Crippen LogP contribution in [0, 0.1) is 0 Å². The van der Waals surface area contributed by atoms with Gasteiger partial charge in [-0.3, -0.25) is 4.98 Å². The predicted octanol–water partition coefficient (Wildman–Crippen LogP) is 4.70.